The number of aliphatic carboxylic acids is 1. The largest absolute Gasteiger partial charge is 0.481 e. The maximum absolute atomic E-state index is 10.2. The number of hydrogen-bond acceptors (Lipinski definition) is 2. The minimum atomic E-state index is -0.729. The Morgan fingerprint density at radius 1 is 1.50 bits per heavy atom. The summed E-state index contributed by atoms with van der Waals surface area (Å²) in [5, 5.41) is 8.40. The molecule has 4 heteroatoms. The molecule has 0 unspecified atom stereocenters. The zero-order valence-electron chi connectivity index (χ0n) is 8.04. The number of rotatable bonds is 6. The van der Waals surface area contributed by atoms with Crippen molar-refractivity contribution in [2.24, 2.45) is 0 Å². The number of ether oxygens (including phenoxy) is 1. The number of carbonyl (C=O) groups is 1. The van der Waals surface area contributed by atoms with E-state index in [9.17, 15) is 4.79 Å². The summed E-state index contributed by atoms with van der Waals surface area (Å²) in [5.41, 5.74) is 0. The maximum Gasteiger partial charge on any atom is 0.303 e. The van der Waals surface area contributed by atoms with Crippen molar-refractivity contribution in [1.82, 2.24) is 0 Å². The molecule has 0 bridgehead atoms. The van der Waals surface area contributed by atoms with Crippen molar-refractivity contribution < 1.29 is 19.1 Å². The monoisotopic (exact) mass is 176 g/mol. The summed E-state index contributed by atoms with van der Waals surface area (Å²) < 4.78 is 5.70. The van der Waals surface area contributed by atoms with E-state index >= 15 is 0 Å². The fraction of sp³-hybridized carbons (Fsp3) is 0.875. The van der Waals surface area contributed by atoms with E-state index < -0.39 is 5.97 Å². The topological polar surface area (TPSA) is 46.5 Å². The van der Waals surface area contributed by atoms with E-state index in [1.165, 1.54) is 0 Å². The van der Waals surface area contributed by atoms with E-state index in [1.54, 1.807) is 7.11 Å². The Balaban J connectivity index is 3.53. The Bertz CT molecular complexity index is 145. The molecule has 0 aromatic carbocycles. The van der Waals surface area contributed by atoms with Gasteiger partial charge in [-0.15, -0.1) is 0 Å². The third-order valence-corrected chi connectivity index (χ3v) is 1.63. The summed E-state index contributed by atoms with van der Waals surface area (Å²) in [6.07, 6.45) is 0.942. The summed E-state index contributed by atoms with van der Waals surface area (Å²) in [7, 11) is 5.69. The van der Waals surface area contributed by atoms with Crippen LogP contribution in [-0.2, 0) is 9.53 Å². The van der Waals surface area contributed by atoms with Crippen molar-refractivity contribution in [3.63, 3.8) is 0 Å². The van der Waals surface area contributed by atoms with Crippen LogP contribution in [-0.4, -0.2) is 50.0 Å². The van der Waals surface area contributed by atoms with E-state index in [-0.39, 0.29) is 6.42 Å². The molecule has 0 spiro atoms. The van der Waals surface area contributed by atoms with Gasteiger partial charge in [0.25, 0.3) is 0 Å². The first kappa shape index (κ1) is 11.4. The van der Waals surface area contributed by atoms with Gasteiger partial charge in [0.2, 0.25) is 0 Å². The molecule has 72 valence electrons. The minimum absolute atomic E-state index is 0.241. The molecule has 12 heavy (non-hydrogen) atoms. The molecule has 0 rings (SSSR count). The van der Waals surface area contributed by atoms with Crippen LogP contribution in [0.3, 0.4) is 0 Å². The lowest BCUT2D eigenvalue weighted by atomic mass is 10.3. The predicted molar refractivity (Wildman–Crippen MR) is 45.7 cm³/mol. The summed E-state index contributed by atoms with van der Waals surface area (Å²) in [6, 6.07) is 0. The van der Waals surface area contributed by atoms with Crippen LogP contribution < -0.4 is 0 Å². The summed E-state index contributed by atoms with van der Waals surface area (Å²) in [6.45, 7) is 1.46. The first-order valence-electron chi connectivity index (χ1n) is 4.01. The Kier molecular flexibility index (Phi) is 4.85. The molecule has 0 amide bonds. The van der Waals surface area contributed by atoms with Gasteiger partial charge in [0.05, 0.1) is 27.1 Å². The molecule has 0 heterocycles. The molecular weight excluding hydrogens is 158 g/mol. The smallest absolute Gasteiger partial charge is 0.303 e. The van der Waals surface area contributed by atoms with E-state index in [2.05, 4.69) is 0 Å². The highest BCUT2D eigenvalue weighted by atomic mass is 16.5. The second-order valence-corrected chi connectivity index (χ2v) is 3.57. The van der Waals surface area contributed by atoms with Gasteiger partial charge in [0.1, 0.15) is 0 Å². The lowest BCUT2D eigenvalue weighted by Crippen LogP contribution is -2.42. The second kappa shape index (κ2) is 5.11. The fourth-order valence-corrected chi connectivity index (χ4v) is 1.07. The number of nitrogens with zero attached hydrogens (tertiary/aromatic N) is 1. The molecule has 0 radical (unpaired) electrons. The van der Waals surface area contributed by atoms with Gasteiger partial charge < -0.3 is 14.3 Å². The molecule has 0 aliphatic carbocycles. The Morgan fingerprint density at radius 2 is 2.08 bits per heavy atom. The van der Waals surface area contributed by atoms with Crippen LogP contribution in [0.25, 0.3) is 0 Å². The number of hydrogen-bond donors (Lipinski definition) is 1. The van der Waals surface area contributed by atoms with Gasteiger partial charge in [-0.3, -0.25) is 4.79 Å². The molecule has 0 atom stereocenters. The zero-order valence-corrected chi connectivity index (χ0v) is 8.04. The highest BCUT2D eigenvalue weighted by molar-refractivity contribution is 5.66. The summed E-state index contributed by atoms with van der Waals surface area (Å²) in [5.74, 6) is -0.729. The molecule has 0 aromatic heterocycles. The molecule has 0 saturated carbocycles. The van der Waals surface area contributed by atoms with Crippen molar-refractivity contribution in [1.29, 1.82) is 0 Å². The lowest BCUT2D eigenvalue weighted by Gasteiger charge is -2.28. The fourth-order valence-electron chi connectivity index (χ4n) is 1.07. The lowest BCUT2D eigenvalue weighted by molar-refractivity contribution is -0.909. The van der Waals surface area contributed by atoms with Gasteiger partial charge in [-0.05, 0) is 0 Å². The van der Waals surface area contributed by atoms with E-state index in [0.717, 1.165) is 6.54 Å². The second-order valence-electron chi connectivity index (χ2n) is 3.57. The van der Waals surface area contributed by atoms with Crippen molar-refractivity contribution in [3.8, 4) is 0 Å². The number of carboxylic acids is 1. The van der Waals surface area contributed by atoms with Crippen molar-refractivity contribution in [2.75, 3.05) is 34.5 Å². The Labute approximate surface area is 73.3 Å². The number of carboxylic acid groups (broad SMARTS) is 1. The average Bonchev–Trinajstić information content (AvgIpc) is 1.85. The van der Waals surface area contributed by atoms with Crippen LogP contribution in [0, 0.1) is 0 Å². The highest BCUT2D eigenvalue weighted by Gasteiger charge is 2.13. The Morgan fingerprint density at radius 3 is 2.50 bits per heavy atom. The zero-order chi connectivity index (χ0) is 9.61. The summed E-state index contributed by atoms with van der Waals surface area (Å²) in [4.78, 5) is 10.2. The van der Waals surface area contributed by atoms with Gasteiger partial charge in [-0.1, -0.05) is 0 Å². The average molecular weight is 176 g/mol. The SMILES string of the molecule is COC[N+](C)(C)CCCC(=O)O. The quantitative estimate of drug-likeness (QED) is 0.474. The molecule has 0 aliphatic heterocycles. The van der Waals surface area contributed by atoms with Crippen LogP contribution in [0.1, 0.15) is 12.8 Å². The van der Waals surface area contributed by atoms with Crippen molar-refractivity contribution in [2.45, 2.75) is 12.8 Å². The molecule has 0 aromatic rings. The number of quaternary nitrogens is 1. The highest BCUT2D eigenvalue weighted by Crippen LogP contribution is 2.01. The van der Waals surface area contributed by atoms with E-state index in [4.69, 9.17) is 9.84 Å². The Hall–Kier alpha value is -0.610. The molecular formula is C8H18NO3+. The maximum atomic E-state index is 10.2. The van der Waals surface area contributed by atoms with Crippen LogP contribution in [0.5, 0.6) is 0 Å². The van der Waals surface area contributed by atoms with Crippen LogP contribution in [0.4, 0.5) is 0 Å². The van der Waals surface area contributed by atoms with Gasteiger partial charge in [-0.25, -0.2) is 0 Å². The van der Waals surface area contributed by atoms with Gasteiger partial charge in [0.15, 0.2) is 6.73 Å². The predicted octanol–water partition coefficient (Wildman–Crippen LogP) is 0.531. The molecule has 0 aliphatic rings. The normalized spacial score (nSPS) is 11.6. The third kappa shape index (κ3) is 6.12. The first-order chi connectivity index (χ1) is 5.48. The minimum Gasteiger partial charge on any atom is -0.481 e. The standard InChI is InChI=1S/C8H17NO3/c1-9(2,7-12-3)6-4-5-8(10)11/h4-7H2,1-3H3/p+1. The third-order valence-electron chi connectivity index (χ3n) is 1.63. The van der Waals surface area contributed by atoms with Gasteiger partial charge >= 0.3 is 5.97 Å². The van der Waals surface area contributed by atoms with Crippen LogP contribution >= 0.6 is 0 Å². The van der Waals surface area contributed by atoms with Crippen LogP contribution in [0.15, 0.2) is 0 Å². The van der Waals surface area contributed by atoms with E-state index in [0.29, 0.717) is 17.6 Å². The molecule has 0 saturated heterocycles. The van der Waals surface area contributed by atoms with Crippen LogP contribution in [0.2, 0.25) is 0 Å². The number of methoxy groups -OCH3 is 1. The molecule has 1 N–H and O–H groups in total. The van der Waals surface area contributed by atoms with Gasteiger partial charge in [-0.2, -0.15) is 0 Å². The van der Waals surface area contributed by atoms with Gasteiger partial charge in [0, 0.05) is 13.5 Å². The van der Waals surface area contributed by atoms with E-state index in [1.807, 2.05) is 14.1 Å². The van der Waals surface area contributed by atoms with Crippen molar-refractivity contribution >= 4 is 5.97 Å². The van der Waals surface area contributed by atoms with Crippen molar-refractivity contribution in [3.05, 3.63) is 0 Å². The molecule has 4 nitrogen and oxygen atoms in total. The summed E-state index contributed by atoms with van der Waals surface area (Å²) >= 11 is 0. The first-order valence-corrected chi connectivity index (χ1v) is 4.01. The molecule has 0 fully saturated rings.